The Balaban J connectivity index is 3.87. The van der Waals surface area contributed by atoms with Gasteiger partial charge in [-0.05, 0) is 6.92 Å². The Morgan fingerprint density at radius 1 is 1.50 bits per heavy atom. The summed E-state index contributed by atoms with van der Waals surface area (Å²) in [5.74, 6) is 0.113. The van der Waals surface area contributed by atoms with Crippen molar-refractivity contribution in [3.8, 4) is 0 Å². The van der Waals surface area contributed by atoms with Gasteiger partial charge in [0.1, 0.15) is 5.78 Å². The van der Waals surface area contributed by atoms with E-state index in [1.54, 1.807) is 6.92 Å². The molecule has 0 saturated carbocycles. The molecule has 2 nitrogen and oxygen atoms in total. The van der Waals surface area contributed by atoms with E-state index in [2.05, 4.69) is 0 Å². The number of carbonyl (C=O) groups excluding carboxylic acids is 1. The maximum atomic E-state index is 11.1. The van der Waals surface area contributed by atoms with Crippen LogP contribution in [-0.4, -0.2) is 17.0 Å². The molecule has 60 valence electrons. The second-order valence-electron chi connectivity index (χ2n) is 3.73. The lowest BCUT2D eigenvalue weighted by atomic mass is 9.88. The van der Waals surface area contributed by atoms with Gasteiger partial charge in [-0.2, -0.15) is 0 Å². The predicted molar refractivity (Wildman–Crippen MR) is 40.8 cm³/mol. The van der Waals surface area contributed by atoms with Crippen LogP contribution < -0.4 is 0 Å². The molecule has 0 radical (unpaired) electrons. The lowest BCUT2D eigenvalue weighted by molar-refractivity contribution is -0.128. The van der Waals surface area contributed by atoms with E-state index in [-0.39, 0.29) is 17.6 Å². The fourth-order valence-electron chi connectivity index (χ4n) is 0.574. The highest BCUT2D eigenvalue weighted by Crippen LogP contribution is 2.17. The zero-order valence-electron chi connectivity index (χ0n) is 7.14. The van der Waals surface area contributed by atoms with Crippen molar-refractivity contribution in [2.24, 2.45) is 5.41 Å². The van der Waals surface area contributed by atoms with Gasteiger partial charge in [-0.25, -0.2) is 0 Å². The summed E-state index contributed by atoms with van der Waals surface area (Å²) in [7, 11) is 0. The maximum Gasteiger partial charge on any atom is 0.140 e. The van der Waals surface area contributed by atoms with E-state index >= 15 is 0 Å². The van der Waals surface area contributed by atoms with Gasteiger partial charge in [0.2, 0.25) is 0 Å². The Morgan fingerprint density at radius 2 is 1.90 bits per heavy atom. The van der Waals surface area contributed by atoms with Gasteiger partial charge >= 0.3 is 0 Å². The molecule has 0 heterocycles. The Morgan fingerprint density at radius 3 is 2.00 bits per heavy atom. The average Bonchev–Trinajstić information content (AvgIpc) is 1.60. The quantitative estimate of drug-likeness (QED) is 0.635. The molecule has 0 aromatic rings. The van der Waals surface area contributed by atoms with E-state index in [1.165, 1.54) is 0 Å². The Bertz CT molecular complexity index is 120. The second-order valence-corrected chi connectivity index (χ2v) is 3.73. The molecule has 10 heavy (non-hydrogen) atoms. The molecule has 0 aliphatic heterocycles. The SMILES string of the molecule is C[C@H](O)CC(=O)C(C)(C)C. The van der Waals surface area contributed by atoms with Gasteiger partial charge in [-0.15, -0.1) is 0 Å². The third-order valence-electron chi connectivity index (χ3n) is 1.32. The lowest BCUT2D eigenvalue weighted by Gasteiger charge is -2.17. The summed E-state index contributed by atoms with van der Waals surface area (Å²) in [6.45, 7) is 7.21. The molecule has 0 aromatic heterocycles. The number of carbonyl (C=O) groups is 1. The molecule has 0 fully saturated rings. The van der Waals surface area contributed by atoms with Crippen molar-refractivity contribution in [2.75, 3.05) is 0 Å². The summed E-state index contributed by atoms with van der Waals surface area (Å²) in [4.78, 5) is 11.1. The molecule has 0 spiro atoms. The van der Waals surface area contributed by atoms with Crippen LogP contribution in [0.3, 0.4) is 0 Å². The molecule has 1 N–H and O–H groups in total. The summed E-state index contributed by atoms with van der Waals surface area (Å²) in [6, 6.07) is 0. The lowest BCUT2D eigenvalue weighted by Crippen LogP contribution is -2.23. The normalized spacial score (nSPS) is 14.9. The number of Topliss-reactive ketones (excluding diaryl/α,β-unsaturated/α-hetero) is 1. The van der Waals surface area contributed by atoms with E-state index in [0.29, 0.717) is 0 Å². The largest absolute Gasteiger partial charge is 0.393 e. The third-order valence-corrected chi connectivity index (χ3v) is 1.32. The van der Waals surface area contributed by atoms with Crippen LogP contribution in [0.4, 0.5) is 0 Å². The number of rotatable bonds is 2. The number of aliphatic hydroxyl groups excluding tert-OH is 1. The molecule has 0 aliphatic carbocycles. The Hall–Kier alpha value is -0.370. The van der Waals surface area contributed by atoms with Crippen molar-refractivity contribution < 1.29 is 9.90 Å². The summed E-state index contributed by atoms with van der Waals surface area (Å²) in [6.07, 6.45) is -0.240. The fourth-order valence-corrected chi connectivity index (χ4v) is 0.574. The van der Waals surface area contributed by atoms with Gasteiger partial charge in [-0.1, -0.05) is 20.8 Å². The molecule has 0 aliphatic rings. The number of ketones is 1. The third kappa shape index (κ3) is 3.62. The summed E-state index contributed by atoms with van der Waals surface area (Å²) >= 11 is 0. The van der Waals surface area contributed by atoms with Gasteiger partial charge in [-0.3, -0.25) is 4.79 Å². The van der Waals surface area contributed by atoms with Gasteiger partial charge < -0.3 is 5.11 Å². The van der Waals surface area contributed by atoms with Crippen LogP contribution >= 0.6 is 0 Å². The van der Waals surface area contributed by atoms with Crippen LogP contribution in [0.15, 0.2) is 0 Å². The zero-order valence-corrected chi connectivity index (χ0v) is 7.14. The topological polar surface area (TPSA) is 37.3 Å². The number of aliphatic hydroxyl groups is 1. The summed E-state index contributed by atoms with van der Waals surface area (Å²) < 4.78 is 0. The molecular weight excluding hydrogens is 128 g/mol. The van der Waals surface area contributed by atoms with E-state index in [0.717, 1.165) is 0 Å². The minimum atomic E-state index is -0.508. The molecule has 0 aromatic carbocycles. The number of hydrogen-bond donors (Lipinski definition) is 1. The standard InChI is InChI=1S/C8H16O2/c1-6(9)5-7(10)8(2,3)4/h6,9H,5H2,1-4H3/t6-/m0/s1. The molecule has 0 saturated heterocycles. The highest BCUT2D eigenvalue weighted by molar-refractivity contribution is 5.83. The summed E-state index contributed by atoms with van der Waals surface area (Å²) in [5.41, 5.74) is -0.309. The van der Waals surface area contributed by atoms with Crippen LogP contribution in [-0.2, 0) is 4.79 Å². The van der Waals surface area contributed by atoms with E-state index < -0.39 is 6.10 Å². The first kappa shape index (κ1) is 9.63. The van der Waals surface area contributed by atoms with Gasteiger partial charge in [0.25, 0.3) is 0 Å². The van der Waals surface area contributed by atoms with Crippen molar-refractivity contribution in [3.63, 3.8) is 0 Å². The van der Waals surface area contributed by atoms with E-state index in [1.807, 2.05) is 20.8 Å². The maximum absolute atomic E-state index is 11.1. The van der Waals surface area contributed by atoms with Crippen molar-refractivity contribution >= 4 is 5.78 Å². The van der Waals surface area contributed by atoms with Gasteiger partial charge in [0.15, 0.2) is 0 Å². The highest BCUT2D eigenvalue weighted by Gasteiger charge is 2.21. The summed E-state index contributed by atoms with van der Waals surface area (Å²) in [5, 5.41) is 8.87. The smallest absolute Gasteiger partial charge is 0.140 e. The molecule has 0 unspecified atom stereocenters. The Labute approximate surface area is 62.2 Å². The van der Waals surface area contributed by atoms with Crippen LogP contribution in [0.1, 0.15) is 34.1 Å². The first-order chi connectivity index (χ1) is 4.34. The first-order valence-electron chi connectivity index (χ1n) is 3.55. The van der Waals surface area contributed by atoms with E-state index in [9.17, 15) is 4.79 Å². The fraction of sp³-hybridized carbons (Fsp3) is 0.875. The average molecular weight is 144 g/mol. The number of hydrogen-bond acceptors (Lipinski definition) is 2. The van der Waals surface area contributed by atoms with Crippen molar-refractivity contribution in [1.82, 2.24) is 0 Å². The highest BCUT2D eigenvalue weighted by atomic mass is 16.3. The van der Waals surface area contributed by atoms with E-state index in [4.69, 9.17) is 5.11 Å². The Kier molecular flexibility index (Phi) is 3.03. The first-order valence-corrected chi connectivity index (χ1v) is 3.55. The molecular formula is C8H16O2. The minimum Gasteiger partial charge on any atom is -0.393 e. The van der Waals surface area contributed by atoms with Gasteiger partial charge in [0.05, 0.1) is 6.10 Å². The molecule has 2 heteroatoms. The second kappa shape index (κ2) is 3.15. The molecule has 0 bridgehead atoms. The van der Waals surface area contributed by atoms with Crippen LogP contribution in [0, 0.1) is 5.41 Å². The zero-order chi connectivity index (χ0) is 8.36. The van der Waals surface area contributed by atoms with Crippen LogP contribution in [0.2, 0.25) is 0 Å². The van der Waals surface area contributed by atoms with Crippen LogP contribution in [0.25, 0.3) is 0 Å². The van der Waals surface area contributed by atoms with Crippen molar-refractivity contribution in [3.05, 3.63) is 0 Å². The minimum absolute atomic E-state index is 0.113. The van der Waals surface area contributed by atoms with Crippen molar-refractivity contribution in [1.29, 1.82) is 0 Å². The molecule has 1 atom stereocenters. The van der Waals surface area contributed by atoms with Crippen LogP contribution in [0.5, 0.6) is 0 Å². The predicted octanol–water partition coefficient (Wildman–Crippen LogP) is 1.37. The van der Waals surface area contributed by atoms with Gasteiger partial charge in [0, 0.05) is 11.8 Å². The molecule has 0 rings (SSSR count). The monoisotopic (exact) mass is 144 g/mol. The molecule has 0 amide bonds. The van der Waals surface area contributed by atoms with Crippen molar-refractivity contribution in [2.45, 2.75) is 40.2 Å².